The lowest BCUT2D eigenvalue weighted by atomic mass is 10.1. The number of aromatic nitrogens is 1. The molecule has 0 spiro atoms. The van der Waals surface area contributed by atoms with Gasteiger partial charge in [-0.05, 0) is 48.6 Å². The van der Waals surface area contributed by atoms with Crippen molar-refractivity contribution in [2.24, 2.45) is 4.99 Å². The van der Waals surface area contributed by atoms with E-state index in [2.05, 4.69) is 51.9 Å². The monoisotopic (exact) mass is 552 g/mol. The van der Waals surface area contributed by atoms with Crippen LogP contribution in [0, 0.1) is 0 Å². The van der Waals surface area contributed by atoms with Crippen molar-refractivity contribution in [2.45, 2.75) is 33.2 Å². The van der Waals surface area contributed by atoms with Crippen LogP contribution in [0.2, 0.25) is 0 Å². The molecule has 32 heavy (non-hydrogen) atoms. The summed E-state index contributed by atoms with van der Waals surface area (Å²) in [5.41, 5.74) is 4.75. The van der Waals surface area contributed by atoms with Gasteiger partial charge < -0.3 is 30.2 Å². The molecule has 0 aliphatic carbocycles. The Bertz CT molecular complexity index is 1020. The van der Waals surface area contributed by atoms with Gasteiger partial charge in [0, 0.05) is 30.2 Å². The molecular formula is C24H33IN4O3. The Balaban J connectivity index is 0.00000363. The Morgan fingerprint density at radius 1 is 1.06 bits per heavy atom. The number of aromatic hydroxyl groups is 1. The van der Waals surface area contributed by atoms with E-state index in [4.69, 9.17) is 9.47 Å². The zero-order valence-electron chi connectivity index (χ0n) is 19.1. The molecule has 0 saturated carbocycles. The van der Waals surface area contributed by atoms with E-state index in [9.17, 15) is 5.11 Å². The molecule has 0 unspecified atom stereocenters. The molecule has 0 fully saturated rings. The van der Waals surface area contributed by atoms with Crippen LogP contribution in [0.4, 0.5) is 0 Å². The number of aryl methyl sites for hydroxylation is 1. The first kappa shape index (κ1) is 25.6. The fourth-order valence-electron chi connectivity index (χ4n) is 3.64. The second kappa shape index (κ2) is 12.4. The van der Waals surface area contributed by atoms with Crippen molar-refractivity contribution in [2.75, 3.05) is 27.3 Å². The summed E-state index contributed by atoms with van der Waals surface area (Å²) >= 11 is 0. The number of methoxy groups -OCH3 is 2. The Morgan fingerprint density at radius 2 is 1.78 bits per heavy atom. The summed E-state index contributed by atoms with van der Waals surface area (Å²) in [5, 5.41) is 18.0. The second-order valence-corrected chi connectivity index (χ2v) is 7.23. The summed E-state index contributed by atoms with van der Waals surface area (Å²) in [7, 11) is 3.03. The van der Waals surface area contributed by atoms with Crippen molar-refractivity contribution >= 4 is 40.8 Å². The van der Waals surface area contributed by atoms with Gasteiger partial charge >= 0.3 is 0 Å². The molecule has 0 aliphatic heterocycles. The zero-order chi connectivity index (χ0) is 22.2. The second-order valence-electron chi connectivity index (χ2n) is 7.23. The highest BCUT2D eigenvalue weighted by molar-refractivity contribution is 14.0. The molecule has 8 heteroatoms. The lowest BCUT2D eigenvalue weighted by Gasteiger charge is -2.13. The molecule has 7 nitrogen and oxygen atoms in total. The number of aromatic amines is 1. The summed E-state index contributed by atoms with van der Waals surface area (Å²) in [6.07, 6.45) is 4.00. The fourth-order valence-corrected chi connectivity index (χ4v) is 3.64. The molecular weight excluding hydrogens is 519 g/mol. The Labute approximate surface area is 206 Å². The number of phenolic OH excluding ortho intramolecular Hbond substituents is 1. The van der Waals surface area contributed by atoms with Gasteiger partial charge in [0.25, 0.3) is 0 Å². The zero-order valence-corrected chi connectivity index (χ0v) is 21.4. The lowest BCUT2D eigenvalue weighted by Crippen LogP contribution is -2.38. The Kier molecular flexibility index (Phi) is 9.96. The highest BCUT2D eigenvalue weighted by Gasteiger charge is 2.11. The number of nitrogens with one attached hydrogen (secondary N) is 3. The summed E-state index contributed by atoms with van der Waals surface area (Å²) < 4.78 is 10.5. The van der Waals surface area contributed by atoms with E-state index in [0.29, 0.717) is 18.0 Å². The van der Waals surface area contributed by atoms with Crippen molar-refractivity contribution in [3.63, 3.8) is 0 Å². The first-order chi connectivity index (χ1) is 15.1. The average Bonchev–Trinajstić information content (AvgIpc) is 3.21. The van der Waals surface area contributed by atoms with Crippen molar-refractivity contribution in [3.8, 4) is 17.2 Å². The van der Waals surface area contributed by atoms with E-state index in [1.807, 2.05) is 6.92 Å². The molecule has 0 aliphatic rings. The normalized spacial score (nSPS) is 11.2. The van der Waals surface area contributed by atoms with Gasteiger partial charge in [-0.2, -0.15) is 0 Å². The predicted octanol–water partition coefficient (Wildman–Crippen LogP) is 4.37. The summed E-state index contributed by atoms with van der Waals surface area (Å²) in [6.45, 7) is 6.17. The molecule has 1 aromatic heterocycles. The van der Waals surface area contributed by atoms with Crippen LogP contribution in [0.5, 0.6) is 17.2 Å². The summed E-state index contributed by atoms with van der Waals surface area (Å²) in [5.74, 6) is 1.47. The standard InChI is InChI=1S/C24H32N4O3.HI/c1-5-17-8-7-9-19-18(15-27-22(17)19)10-11-26-24(25-6-2)28-14-16-12-20(30-3)23(29)21(13-16)31-4;/h7-9,12-13,15,27,29H,5-6,10-11,14H2,1-4H3,(H2,25,26,28);1H. The number of rotatable bonds is 9. The first-order valence-corrected chi connectivity index (χ1v) is 10.6. The van der Waals surface area contributed by atoms with E-state index >= 15 is 0 Å². The number of hydrogen-bond donors (Lipinski definition) is 4. The number of hydrogen-bond acceptors (Lipinski definition) is 4. The van der Waals surface area contributed by atoms with Crippen LogP contribution < -0.4 is 20.1 Å². The molecule has 0 atom stereocenters. The van der Waals surface area contributed by atoms with Crippen LogP contribution in [0.1, 0.15) is 30.5 Å². The quantitative estimate of drug-likeness (QED) is 0.180. The maximum Gasteiger partial charge on any atom is 0.200 e. The molecule has 0 amide bonds. The maximum absolute atomic E-state index is 10.1. The summed E-state index contributed by atoms with van der Waals surface area (Å²) in [4.78, 5) is 8.09. The Hall–Kier alpha value is -2.62. The van der Waals surface area contributed by atoms with E-state index in [1.54, 1.807) is 12.1 Å². The third-order valence-corrected chi connectivity index (χ3v) is 5.26. The van der Waals surface area contributed by atoms with Crippen LogP contribution in [-0.4, -0.2) is 43.4 Å². The predicted molar refractivity (Wildman–Crippen MR) is 141 cm³/mol. The molecule has 0 bridgehead atoms. The molecule has 174 valence electrons. The third-order valence-electron chi connectivity index (χ3n) is 5.26. The highest BCUT2D eigenvalue weighted by Crippen LogP contribution is 2.37. The molecule has 4 N–H and O–H groups in total. The fraction of sp³-hybridized carbons (Fsp3) is 0.375. The molecule has 3 aromatic rings. The van der Waals surface area contributed by atoms with Crippen molar-refractivity contribution in [1.29, 1.82) is 0 Å². The first-order valence-electron chi connectivity index (χ1n) is 10.6. The largest absolute Gasteiger partial charge is 0.502 e. The van der Waals surface area contributed by atoms with E-state index in [-0.39, 0.29) is 29.7 Å². The number of ether oxygens (including phenoxy) is 2. The number of para-hydroxylation sites is 1. The number of H-pyrrole nitrogens is 1. The molecule has 2 aromatic carbocycles. The summed E-state index contributed by atoms with van der Waals surface area (Å²) in [6, 6.07) is 10.00. The van der Waals surface area contributed by atoms with Crippen LogP contribution in [0.25, 0.3) is 10.9 Å². The topological polar surface area (TPSA) is 90.9 Å². The van der Waals surface area contributed by atoms with Gasteiger partial charge in [-0.1, -0.05) is 25.1 Å². The van der Waals surface area contributed by atoms with E-state index in [1.165, 1.54) is 36.2 Å². The van der Waals surface area contributed by atoms with Gasteiger partial charge in [0.15, 0.2) is 17.5 Å². The van der Waals surface area contributed by atoms with Crippen LogP contribution in [0.15, 0.2) is 41.5 Å². The minimum absolute atomic E-state index is 0. The number of halogens is 1. The number of benzene rings is 2. The Morgan fingerprint density at radius 3 is 2.41 bits per heavy atom. The smallest absolute Gasteiger partial charge is 0.200 e. The molecule has 3 rings (SSSR count). The SMILES string of the molecule is CCNC(=NCc1cc(OC)c(O)c(OC)c1)NCCc1c[nH]c2c(CC)cccc12.I. The maximum atomic E-state index is 10.1. The van der Waals surface area contributed by atoms with Gasteiger partial charge in [-0.3, -0.25) is 0 Å². The molecule has 1 heterocycles. The third kappa shape index (κ3) is 5.99. The number of aliphatic imine (C=N–C) groups is 1. The minimum atomic E-state index is -0.00674. The average molecular weight is 552 g/mol. The van der Waals surface area contributed by atoms with E-state index < -0.39 is 0 Å². The number of phenols is 1. The lowest BCUT2D eigenvalue weighted by molar-refractivity contribution is 0.339. The van der Waals surface area contributed by atoms with E-state index in [0.717, 1.165) is 37.5 Å². The number of fused-ring (bicyclic) bond motifs is 1. The number of nitrogens with zero attached hydrogens (tertiary/aromatic N) is 1. The molecule has 0 saturated heterocycles. The number of guanidine groups is 1. The van der Waals surface area contributed by atoms with Gasteiger partial charge in [-0.25, -0.2) is 4.99 Å². The highest BCUT2D eigenvalue weighted by atomic mass is 127. The van der Waals surface area contributed by atoms with Crippen LogP contribution >= 0.6 is 24.0 Å². The van der Waals surface area contributed by atoms with Gasteiger partial charge in [-0.15, -0.1) is 24.0 Å². The van der Waals surface area contributed by atoms with Crippen molar-refractivity contribution in [1.82, 2.24) is 15.6 Å². The van der Waals surface area contributed by atoms with Gasteiger partial charge in [0.05, 0.1) is 20.8 Å². The van der Waals surface area contributed by atoms with Crippen molar-refractivity contribution < 1.29 is 14.6 Å². The van der Waals surface area contributed by atoms with Crippen LogP contribution in [0.3, 0.4) is 0 Å². The van der Waals surface area contributed by atoms with Gasteiger partial charge in [0.1, 0.15) is 0 Å². The van der Waals surface area contributed by atoms with Crippen LogP contribution in [-0.2, 0) is 19.4 Å². The molecule has 0 radical (unpaired) electrons. The minimum Gasteiger partial charge on any atom is -0.502 e. The van der Waals surface area contributed by atoms with Crippen molar-refractivity contribution in [3.05, 3.63) is 53.2 Å². The van der Waals surface area contributed by atoms with Gasteiger partial charge in [0.2, 0.25) is 5.75 Å².